The van der Waals surface area contributed by atoms with E-state index in [1.54, 1.807) is 0 Å². The van der Waals surface area contributed by atoms with E-state index in [1.807, 2.05) is 54.6 Å². The summed E-state index contributed by atoms with van der Waals surface area (Å²) in [6.45, 7) is 4.09. The maximum absolute atomic E-state index is 9.51. The minimum Gasteiger partial charge on any atom is -0.489 e. The predicted molar refractivity (Wildman–Crippen MR) is 67.5 cm³/mol. The van der Waals surface area contributed by atoms with Crippen LogP contribution < -0.4 is 4.74 Å². The van der Waals surface area contributed by atoms with E-state index in [9.17, 15) is 5.11 Å². The van der Waals surface area contributed by atoms with Gasteiger partial charge in [-0.15, -0.1) is 0 Å². The number of ether oxygens (including phenoxy) is 1. The molecule has 0 saturated carbocycles. The summed E-state index contributed by atoms with van der Waals surface area (Å²) in [6.07, 6.45) is -0.762. The van der Waals surface area contributed by atoms with Gasteiger partial charge in [0.2, 0.25) is 0 Å². The van der Waals surface area contributed by atoms with Crippen molar-refractivity contribution in [2.75, 3.05) is 0 Å². The zero-order valence-corrected chi connectivity index (χ0v) is 9.54. The summed E-state index contributed by atoms with van der Waals surface area (Å²) in [4.78, 5) is 0. The monoisotopic (exact) mass is 227 g/mol. The largest absolute Gasteiger partial charge is 0.489 e. The summed E-state index contributed by atoms with van der Waals surface area (Å²) in [6, 6.07) is 17.3. The van der Waals surface area contributed by atoms with Crippen LogP contribution in [0.15, 0.2) is 54.6 Å². The third kappa shape index (κ3) is 3.08. The molecule has 0 aliphatic carbocycles. The quantitative estimate of drug-likeness (QED) is 0.869. The number of benzene rings is 2. The topological polar surface area (TPSA) is 29.5 Å². The second kappa shape index (κ2) is 5.51. The molecule has 1 radical (unpaired) electrons. The summed E-state index contributed by atoms with van der Waals surface area (Å²) in [5.41, 5.74) is 1.81. The normalized spacial score (nSPS) is 12.1. The highest BCUT2D eigenvalue weighted by Crippen LogP contribution is 2.24. The van der Waals surface area contributed by atoms with E-state index in [0.29, 0.717) is 17.9 Å². The molecule has 0 spiro atoms. The van der Waals surface area contributed by atoms with Crippen LogP contribution in [0.2, 0.25) is 0 Å². The SMILES string of the molecule is [CH2]C(O)c1ccccc1OCc1ccccc1. The highest BCUT2D eigenvalue weighted by molar-refractivity contribution is 5.35. The van der Waals surface area contributed by atoms with E-state index < -0.39 is 6.10 Å². The summed E-state index contributed by atoms with van der Waals surface area (Å²) in [5.74, 6) is 0.679. The zero-order valence-electron chi connectivity index (χ0n) is 9.54. The van der Waals surface area contributed by atoms with Crippen molar-refractivity contribution in [3.8, 4) is 5.75 Å². The third-order valence-electron chi connectivity index (χ3n) is 2.52. The molecule has 0 fully saturated rings. The molecular weight excluding hydrogens is 212 g/mol. The fraction of sp³-hybridized carbons (Fsp3) is 0.133. The van der Waals surface area contributed by atoms with Crippen molar-refractivity contribution in [2.24, 2.45) is 0 Å². The smallest absolute Gasteiger partial charge is 0.125 e. The molecule has 2 aromatic carbocycles. The summed E-state index contributed by atoms with van der Waals surface area (Å²) in [5, 5.41) is 9.51. The Bertz CT molecular complexity index is 463. The van der Waals surface area contributed by atoms with E-state index in [0.717, 1.165) is 5.56 Å². The maximum Gasteiger partial charge on any atom is 0.125 e. The van der Waals surface area contributed by atoms with E-state index in [4.69, 9.17) is 4.74 Å². The molecule has 0 heterocycles. The van der Waals surface area contributed by atoms with Crippen LogP contribution >= 0.6 is 0 Å². The second-order valence-electron chi connectivity index (χ2n) is 3.83. The number of rotatable bonds is 4. The van der Waals surface area contributed by atoms with Gasteiger partial charge in [-0.05, 0) is 18.6 Å². The molecular formula is C15H15O2. The molecule has 0 aliphatic rings. The Morgan fingerprint density at radius 3 is 2.35 bits per heavy atom. The van der Waals surface area contributed by atoms with Gasteiger partial charge in [-0.2, -0.15) is 0 Å². The minimum absolute atomic E-state index is 0.491. The molecule has 17 heavy (non-hydrogen) atoms. The van der Waals surface area contributed by atoms with E-state index in [-0.39, 0.29) is 0 Å². The van der Waals surface area contributed by atoms with E-state index >= 15 is 0 Å². The van der Waals surface area contributed by atoms with Gasteiger partial charge in [0.05, 0.1) is 6.10 Å². The summed E-state index contributed by atoms with van der Waals surface area (Å²) >= 11 is 0. The van der Waals surface area contributed by atoms with Crippen LogP contribution in [-0.2, 0) is 6.61 Å². The van der Waals surface area contributed by atoms with Crippen LogP contribution in [0.3, 0.4) is 0 Å². The number of aliphatic hydroxyl groups excluding tert-OH is 1. The lowest BCUT2D eigenvalue weighted by Crippen LogP contribution is -2.00. The first kappa shape index (κ1) is 11.7. The molecule has 1 atom stereocenters. The van der Waals surface area contributed by atoms with Crippen molar-refractivity contribution in [1.82, 2.24) is 0 Å². The van der Waals surface area contributed by atoms with Crippen molar-refractivity contribution >= 4 is 0 Å². The van der Waals surface area contributed by atoms with Gasteiger partial charge in [-0.3, -0.25) is 0 Å². The first-order valence-corrected chi connectivity index (χ1v) is 5.54. The molecule has 0 aliphatic heterocycles. The average Bonchev–Trinajstić information content (AvgIpc) is 2.38. The van der Waals surface area contributed by atoms with Crippen LogP contribution in [0.5, 0.6) is 5.75 Å². The Labute approximate surface area is 101 Å². The summed E-state index contributed by atoms with van der Waals surface area (Å²) < 4.78 is 5.68. The first-order chi connectivity index (χ1) is 8.27. The summed E-state index contributed by atoms with van der Waals surface area (Å²) in [7, 11) is 0. The molecule has 2 aromatic rings. The molecule has 0 aromatic heterocycles. The van der Waals surface area contributed by atoms with Gasteiger partial charge in [0.25, 0.3) is 0 Å². The molecule has 0 amide bonds. The van der Waals surface area contributed by atoms with Crippen LogP contribution in [-0.4, -0.2) is 5.11 Å². The Morgan fingerprint density at radius 1 is 1.00 bits per heavy atom. The fourth-order valence-electron chi connectivity index (χ4n) is 1.62. The molecule has 2 nitrogen and oxygen atoms in total. The highest BCUT2D eigenvalue weighted by atomic mass is 16.5. The van der Waals surface area contributed by atoms with Gasteiger partial charge in [-0.1, -0.05) is 48.5 Å². The number of hydrogen-bond acceptors (Lipinski definition) is 2. The lowest BCUT2D eigenvalue weighted by Gasteiger charge is -2.13. The number of aliphatic hydroxyl groups is 1. The second-order valence-corrected chi connectivity index (χ2v) is 3.83. The molecule has 87 valence electrons. The van der Waals surface area contributed by atoms with Crippen LogP contribution in [0, 0.1) is 6.92 Å². The highest BCUT2D eigenvalue weighted by Gasteiger charge is 2.07. The molecule has 2 rings (SSSR count). The predicted octanol–water partition coefficient (Wildman–Crippen LogP) is 3.13. The molecule has 1 unspecified atom stereocenters. The average molecular weight is 227 g/mol. The van der Waals surface area contributed by atoms with E-state index in [2.05, 4.69) is 6.92 Å². The van der Waals surface area contributed by atoms with E-state index in [1.165, 1.54) is 0 Å². The van der Waals surface area contributed by atoms with Gasteiger partial charge in [0, 0.05) is 5.56 Å². The molecule has 0 saturated heterocycles. The molecule has 1 N–H and O–H groups in total. The van der Waals surface area contributed by atoms with Gasteiger partial charge in [-0.25, -0.2) is 0 Å². The third-order valence-corrected chi connectivity index (χ3v) is 2.52. The standard InChI is InChI=1S/C15H15O2/c1-12(16)14-9-5-6-10-15(14)17-11-13-7-3-2-4-8-13/h2-10,12,16H,1,11H2. The van der Waals surface area contributed by atoms with Crippen molar-refractivity contribution < 1.29 is 9.84 Å². The maximum atomic E-state index is 9.51. The molecule has 0 bridgehead atoms. The lowest BCUT2D eigenvalue weighted by atomic mass is 10.1. The van der Waals surface area contributed by atoms with Gasteiger partial charge in [0.15, 0.2) is 0 Å². The van der Waals surface area contributed by atoms with Crippen LogP contribution in [0.25, 0.3) is 0 Å². The van der Waals surface area contributed by atoms with Crippen LogP contribution in [0.1, 0.15) is 17.2 Å². The number of para-hydroxylation sites is 1. The van der Waals surface area contributed by atoms with Crippen LogP contribution in [0.4, 0.5) is 0 Å². The van der Waals surface area contributed by atoms with Gasteiger partial charge in [0.1, 0.15) is 12.4 Å². The lowest BCUT2D eigenvalue weighted by molar-refractivity contribution is 0.214. The minimum atomic E-state index is -0.762. The molecule has 2 heteroatoms. The van der Waals surface area contributed by atoms with Crippen molar-refractivity contribution in [3.05, 3.63) is 72.6 Å². The fourth-order valence-corrected chi connectivity index (χ4v) is 1.62. The van der Waals surface area contributed by atoms with Gasteiger partial charge < -0.3 is 9.84 Å². The van der Waals surface area contributed by atoms with Crippen molar-refractivity contribution in [3.63, 3.8) is 0 Å². The van der Waals surface area contributed by atoms with Crippen molar-refractivity contribution in [2.45, 2.75) is 12.7 Å². The van der Waals surface area contributed by atoms with Gasteiger partial charge >= 0.3 is 0 Å². The Hall–Kier alpha value is -1.80. The first-order valence-electron chi connectivity index (χ1n) is 5.54. The van der Waals surface area contributed by atoms with Crippen molar-refractivity contribution in [1.29, 1.82) is 0 Å². The Balaban J connectivity index is 2.09. The zero-order chi connectivity index (χ0) is 12.1. The Morgan fingerprint density at radius 2 is 1.65 bits per heavy atom. The Kier molecular flexibility index (Phi) is 3.78. The number of hydrogen-bond donors (Lipinski definition) is 1.